The van der Waals surface area contributed by atoms with E-state index in [1.54, 1.807) is 14.2 Å². The van der Waals surface area contributed by atoms with Crippen LogP contribution in [0, 0.1) is 16.7 Å². The Kier molecular flexibility index (Phi) is 13.5. The van der Waals surface area contributed by atoms with Gasteiger partial charge >= 0.3 is 0 Å². The Balaban J connectivity index is 1.71. The predicted molar refractivity (Wildman–Crippen MR) is 187 cm³/mol. The summed E-state index contributed by atoms with van der Waals surface area (Å²) in [6.07, 6.45) is 5.70. The molecule has 0 amide bonds. The molecular formula is C38H52N3O4P. The number of benzene rings is 3. The van der Waals surface area contributed by atoms with Crippen molar-refractivity contribution in [3.63, 3.8) is 0 Å². The van der Waals surface area contributed by atoms with Crippen LogP contribution in [-0.4, -0.2) is 50.7 Å². The molecule has 0 saturated heterocycles. The lowest BCUT2D eigenvalue weighted by molar-refractivity contribution is 0.105. The predicted octanol–water partition coefficient (Wildman–Crippen LogP) is 8.83. The zero-order valence-electron chi connectivity index (χ0n) is 28.5. The fraction of sp³-hybridized carbons (Fsp3) is 0.500. The van der Waals surface area contributed by atoms with Gasteiger partial charge in [-0.05, 0) is 87.9 Å². The Morgan fingerprint density at radius 1 is 0.804 bits per heavy atom. The highest BCUT2D eigenvalue weighted by atomic mass is 31.2. The van der Waals surface area contributed by atoms with Crippen LogP contribution in [0.15, 0.2) is 78.9 Å². The van der Waals surface area contributed by atoms with E-state index in [1.165, 1.54) is 12.8 Å². The second-order valence-electron chi connectivity index (χ2n) is 12.8. The van der Waals surface area contributed by atoms with Crippen molar-refractivity contribution in [2.75, 3.05) is 34.0 Å². The van der Waals surface area contributed by atoms with Gasteiger partial charge in [-0.25, -0.2) is 4.67 Å². The van der Waals surface area contributed by atoms with Crippen molar-refractivity contribution in [2.24, 2.45) is 5.41 Å². The summed E-state index contributed by atoms with van der Waals surface area (Å²) >= 11 is 0. The number of ether oxygens (including phenoxy) is 2. The Morgan fingerprint density at radius 2 is 1.33 bits per heavy atom. The van der Waals surface area contributed by atoms with Crippen molar-refractivity contribution >= 4 is 8.53 Å². The molecule has 1 aliphatic carbocycles. The van der Waals surface area contributed by atoms with Gasteiger partial charge in [0, 0.05) is 30.5 Å². The highest BCUT2D eigenvalue weighted by Gasteiger charge is 2.42. The molecule has 1 unspecified atom stereocenters. The third-order valence-corrected chi connectivity index (χ3v) is 11.1. The largest absolute Gasteiger partial charge is 0.497 e. The van der Waals surface area contributed by atoms with Crippen LogP contribution in [0.2, 0.25) is 0 Å². The average Bonchev–Trinajstić information content (AvgIpc) is 3.55. The van der Waals surface area contributed by atoms with Crippen molar-refractivity contribution in [3.05, 3.63) is 95.6 Å². The van der Waals surface area contributed by atoms with E-state index in [4.69, 9.17) is 23.8 Å². The Labute approximate surface area is 278 Å². The molecule has 7 nitrogen and oxygen atoms in total. The Bertz CT molecular complexity index is 1300. The summed E-state index contributed by atoms with van der Waals surface area (Å²) < 4.78 is 26.7. The van der Waals surface area contributed by atoms with Gasteiger partial charge in [-0.15, -0.1) is 0 Å². The number of nitrogens with one attached hydrogen (secondary N) is 1. The van der Waals surface area contributed by atoms with E-state index in [0.29, 0.717) is 26.1 Å². The molecule has 0 bridgehead atoms. The van der Waals surface area contributed by atoms with Crippen molar-refractivity contribution in [1.82, 2.24) is 9.99 Å². The minimum absolute atomic E-state index is 0.0603. The Morgan fingerprint density at radius 3 is 1.80 bits per heavy atom. The summed E-state index contributed by atoms with van der Waals surface area (Å²) in [5.41, 5.74) is 2.74. The smallest absolute Gasteiger partial charge is 0.259 e. The van der Waals surface area contributed by atoms with Crippen LogP contribution in [0.25, 0.3) is 0 Å². The molecule has 0 spiro atoms. The number of rotatable bonds is 18. The molecule has 3 aromatic carbocycles. The zero-order chi connectivity index (χ0) is 33.0. The molecule has 0 heterocycles. The van der Waals surface area contributed by atoms with Gasteiger partial charge in [-0.2, -0.15) is 5.26 Å². The summed E-state index contributed by atoms with van der Waals surface area (Å²) in [4.78, 5) is 0. The number of unbranched alkanes of at least 4 members (excludes halogenated alkanes) is 1. The molecular weight excluding hydrogens is 593 g/mol. The van der Waals surface area contributed by atoms with Crippen molar-refractivity contribution in [3.8, 4) is 17.6 Å². The first-order chi connectivity index (χ1) is 22.3. The maximum atomic E-state index is 9.06. The molecule has 1 N–H and O–H groups in total. The monoisotopic (exact) mass is 645 g/mol. The summed E-state index contributed by atoms with van der Waals surface area (Å²) in [5, 5.41) is 13.2. The van der Waals surface area contributed by atoms with E-state index in [0.717, 1.165) is 47.6 Å². The van der Waals surface area contributed by atoms with Crippen LogP contribution < -0.4 is 14.8 Å². The maximum absolute atomic E-state index is 9.06. The van der Waals surface area contributed by atoms with Crippen molar-refractivity contribution < 1.29 is 18.5 Å². The van der Waals surface area contributed by atoms with E-state index in [9.17, 15) is 0 Å². The molecule has 248 valence electrons. The molecule has 46 heavy (non-hydrogen) atoms. The highest BCUT2D eigenvalue weighted by molar-refractivity contribution is 7.44. The van der Waals surface area contributed by atoms with Crippen LogP contribution in [0.4, 0.5) is 0 Å². The first-order valence-corrected chi connectivity index (χ1v) is 17.7. The Hall–Kier alpha value is -2.98. The molecule has 1 aliphatic rings. The van der Waals surface area contributed by atoms with E-state index in [-0.39, 0.29) is 17.5 Å². The van der Waals surface area contributed by atoms with Crippen molar-refractivity contribution in [1.29, 1.82) is 5.26 Å². The quantitative estimate of drug-likeness (QED) is 0.0842. The number of hydrogen-bond acceptors (Lipinski definition) is 7. The molecule has 1 atom stereocenters. The molecule has 1 fully saturated rings. The van der Waals surface area contributed by atoms with Crippen molar-refractivity contribution in [2.45, 2.75) is 83.8 Å². The maximum Gasteiger partial charge on any atom is 0.259 e. The number of nitriles is 1. The van der Waals surface area contributed by atoms with Gasteiger partial charge < -0.3 is 18.5 Å². The summed E-state index contributed by atoms with van der Waals surface area (Å²) in [6, 6.07) is 30.3. The summed E-state index contributed by atoms with van der Waals surface area (Å²) in [5.74, 6) is 1.65. The van der Waals surface area contributed by atoms with E-state index in [2.05, 4.69) is 98.3 Å². The second kappa shape index (κ2) is 17.3. The average molecular weight is 646 g/mol. The highest BCUT2D eigenvalue weighted by Crippen LogP contribution is 2.50. The standard InChI is InChI=1S/C38H52N3O4P/c1-30(2)41(31(3)4)46(44-27-13-12-26-39)45-29-37(24-10-11-25-37)28-40-38(32-14-8-7-9-15-32,33-16-20-35(42-5)21-17-33)34-18-22-36(43-6)23-19-34/h7-9,14-23,30-31,40H,10-13,24-25,27-29H2,1-6H3. The van der Waals surface area contributed by atoms with Crippen LogP contribution in [0.3, 0.4) is 0 Å². The van der Waals surface area contributed by atoms with Crippen LogP contribution in [-0.2, 0) is 14.6 Å². The molecule has 8 heteroatoms. The number of hydrogen-bond donors (Lipinski definition) is 1. The van der Waals surface area contributed by atoms with Gasteiger partial charge in [0.25, 0.3) is 8.53 Å². The third kappa shape index (κ3) is 8.68. The molecule has 3 aromatic rings. The third-order valence-electron chi connectivity index (χ3n) is 9.01. The normalized spacial score (nSPS) is 15.3. The number of methoxy groups -OCH3 is 2. The summed E-state index contributed by atoms with van der Waals surface area (Å²) in [7, 11) is 2.12. The minimum atomic E-state index is -1.28. The fourth-order valence-electron chi connectivity index (χ4n) is 6.62. The van der Waals surface area contributed by atoms with Gasteiger partial charge in [0.15, 0.2) is 0 Å². The first-order valence-electron chi connectivity index (χ1n) is 16.6. The van der Waals surface area contributed by atoms with E-state index >= 15 is 0 Å². The summed E-state index contributed by atoms with van der Waals surface area (Å²) in [6.45, 7) is 10.7. The van der Waals surface area contributed by atoms with Gasteiger partial charge in [0.1, 0.15) is 11.5 Å². The van der Waals surface area contributed by atoms with Gasteiger partial charge in [0.05, 0.1) is 39.0 Å². The van der Waals surface area contributed by atoms with Gasteiger partial charge in [-0.3, -0.25) is 5.32 Å². The molecule has 0 radical (unpaired) electrons. The van der Waals surface area contributed by atoms with Crippen LogP contribution >= 0.6 is 8.53 Å². The number of nitrogens with zero attached hydrogens (tertiary/aromatic N) is 2. The first kappa shape index (κ1) is 35.9. The second-order valence-corrected chi connectivity index (χ2v) is 14.3. The minimum Gasteiger partial charge on any atom is -0.497 e. The lowest BCUT2D eigenvalue weighted by Crippen LogP contribution is -2.50. The molecule has 0 aromatic heterocycles. The van der Waals surface area contributed by atoms with Gasteiger partial charge in [0.2, 0.25) is 0 Å². The fourth-order valence-corrected chi connectivity index (χ4v) is 8.39. The zero-order valence-corrected chi connectivity index (χ0v) is 29.4. The van der Waals surface area contributed by atoms with E-state index in [1.807, 2.05) is 24.3 Å². The lowest BCUT2D eigenvalue weighted by Gasteiger charge is -2.42. The molecule has 4 rings (SSSR count). The topological polar surface area (TPSA) is 76.0 Å². The molecule has 0 aliphatic heterocycles. The van der Waals surface area contributed by atoms with Crippen LogP contribution in [0.1, 0.15) is 82.9 Å². The van der Waals surface area contributed by atoms with Crippen LogP contribution in [0.5, 0.6) is 11.5 Å². The lowest BCUT2D eigenvalue weighted by atomic mass is 9.75. The SMILES string of the molecule is COc1ccc(C(NCC2(COP(OCCCC#N)N(C(C)C)C(C)C)CCCC2)(c2ccccc2)c2ccc(OC)cc2)cc1. The van der Waals surface area contributed by atoms with Gasteiger partial charge in [-0.1, -0.05) is 67.4 Å². The molecule has 1 saturated carbocycles. The van der Waals surface area contributed by atoms with E-state index < -0.39 is 14.1 Å².